The lowest BCUT2D eigenvalue weighted by atomic mass is 10.1. The Bertz CT molecular complexity index is 793. The largest absolute Gasteiger partial charge is 0.295 e. The summed E-state index contributed by atoms with van der Waals surface area (Å²) in [6, 6.07) is 3.81. The molecule has 3 aromatic rings. The number of thioether (sulfide) groups is 1. The molecule has 0 aliphatic heterocycles. The third-order valence-electron chi connectivity index (χ3n) is 2.94. The van der Waals surface area contributed by atoms with Crippen molar-refractivity contribution in [3.8, 4) is 11.1 Å². The Balaban J connectivity index is 2.34. The highest BCUT2D eigenvalue weighted by Gasteiger charge is 2.11. The van der Waals surface area contributed by atoms with Gasteiger partial charge in [-0.15, -0.1) is 0 Å². The van der Waals surface area contributed by atoms with Crippen LogP contribution in [0.5, 0.6) is 0 Å². The summed E-state index contributed by atoms with van der Waals surface area (Å²) < 4.78 is 1.59. The Morgan fingerprint density at radius 1 is 1.42 bits per heavy atom. The van der Waals surface area contributed by atoms with Crippen LogP contribution in [0.15, 0.2) is 39.0 Å². The Labute approximate surface area is 118 Å². The Morgan fingerprint density at radius 2 is 2.26 bits per heavy atom. The number of aromatic nitrogens is 3. The fourth-order valence-corrected chi connectivity index (χ4v) is 2.95. The summed E-state index contributed by atoms with van der Waals surface area (Å²) in [6.07, 6.45) is 3.68. The van der Waals surface area contributed by atoms with Crippen LogP contribution in [0.25, 0.3) is 22.2 Å². The molecule has 0 saturated carbocycles. The minimum absolute atomic E-state index is 0.0309. The molecule has 0 N–H and O–H groups in total. The number of hydrogen-bond donors (Lipinski definition) is 0. The smallest absolute Gasteiger partial charge is 0.259 e. The van der Waals surface area contributed by atoms with Crippen LogP contribution in [0.2, 0.25) is 0 Å². The zero-order chi connectivity index (χ0) is 13.4. The van der Waals surface area contributed by atoms with E-state index in [-0.39, 0.29) is 5.56 Å². The van der Waals surface area contributed by atoms with Gasteiger partial charge in [-0.05, 0) is 34.7 Å². The Kier molecular flexibility index (Phi) is 3.12. The Morgan fingerprint density at radius 3 is 2.95 bits per heavy atom. The monoisotopic (exact) mass is 289 g/mol. The maximum Gasteiger partial charge on any atom is 0.259 e. The maximum absolute atomic E-state index is 12.4. The molecule has 19 heavy (non-hydrogen) atoms. The third kappa shape index (κ3) is 2.06. The number of pyridine rings is 1. The molecule has 0 saturated heterocycles. The first kappa shape index (κ1) is 12.4. The van der Waals surface area contributed by atoms with E-state index < -0.39 is 0 Å². The maximum atomic E-state index is 12.4. The molecule has 0 radical (unpaired) electrons. The van der Waals surface area contributed by atoms with E-state index in [9.17, 15) is 4.79 Å². The molecule has 0 aromatic carbocycles. The molecule has 4 nitrogen and oxygen atoms in total. The van der Waals surface area contributed by atoms with Crippen molar-refractivity contribution in [3.63, 3.8) is 0 Å². The first-order valence-electron chi connectivity index (χ1n) is 5.64. The Hall–Kier alpha value is -1.66. The highest BCUT2D eigenvalue weighted by Crippen LogP contribution is 2.22. The highest BCUT2D eigenvalue weighted by molar-refractivity contribution is 7.98. The molecule has 3 rings (SSSR count). The van der Waals surface area contributed by atoms with Crippen LogP contribution in [0.1, 0.15) is 0 Å². The molecule has 0 fully saturated rings. The van der Waals surface area contributed by atoms with Gasteiger partial charge in [0.25, 0.3) is 5.56 Å². The molecular weight excluding hydrogens is 278 g/mol. The third-order valence-corrected chi connectivity index (χ3v) is 4.19. The molecule has 0 aliphatic rings. The van der Waals surface area contributed by atoms with Gasteiger partial charge in [-0.1, -0.05) is 11.8 Å². The summed E-state index contributed by atoms with van der Waals surface area (Å²) >= 11 is 3.04. The van der Waals surface area contributed by atoms with Crippen molar-refractivity contribution in [3.05, 3.63) is 39.4 Å². The van der Waals surface area contributed by atoms with Crippen LogP contribution in [0.4, 0.5) is 0 Å². The molecule has 3 aromatic heterocycles. The molecule has 96 valence electrons. The quantitative estimate of drug-likeness (QED) is 0.537. The van der Waals surface area contributed by atoms with Crippen LogP contribution >= 0.6 is 23.1 Å². The van der Waals surface area contributed by atoms with Crippen molar-refractivity contribution >= 4 is 34.1 Å². The van der Waals surface area contributed by atoms with Crippen LogP contribution in [0, 0.1) is 0 Å². The molecule has 0 amide bonds. The molecule has 0 bridgehead atoms. The molecule has 3 heterocycles. The molecule has 6 heteroatoms. The molecule has 0 unspecified atom stereocenters. The first-order chi connectivity index (χ1) is 9.20. The van der Waals surface area contributed by atoms with Gasteiger partial charge in [-0.25, -0.2) is 9.97 Å². The number of rotatable bonds is 2. The number of thiophene rings is 1. The summed E-state index contributed by atoms with van der Waals surface area (Å²) in [5.41, 5.74) is 2.28. The van der Waals surface area contributed by atoms with Crippen molar-refractivity contribution in [1.82, 2.24) is 14.5 Å². The number of hydrogen-bond acceptors (Lipinski definition) is 5. The van der Waals surface area contributed by atoms with Crippen molar-refractivity contribution in [2.24, 2.45) is 7.05 Å². The van der Waals surface area contributed by atoms with Gasteiger partial charge >= 0.3 is 0 Å². The van der Waals surface area contributed by atoms with Gasteiger partial charge in [0.2, 0.25) is 0 Å². The van der Waals surface area contributed by atoms with Crippen molar-refractivity contribution in [1.29, 1.82) is 0 Å². The minimum atomic E-state index is -0.0309. The fraction of sp³-hybridized carbons (Fsp3) is 0.154. The van der Waals surface area contributed by atoms with Gasteiger partial charge in [0.05, 0.1) is 0 Å². The van der Waals surface area contributed by atoms with Gasteiger partial charge < -0.3 is 0 Å². The number of aryl methyl sites for hydroxylation is 1. The van der Waals surface area contributed by atoms with E-state index >= 15 is 0 Å². The van der Waals surface area contributed by atoms with Crippen LogP contribution in [-0.2, 0) is 7.05 Å². The van der Waals surface area contributed by atoms with Gasteiger partial charge in [0.1, 0.15) is 5.65 Å². The van der Waals surface area contributed by atoms with E-state index in [0.29, 0.717) is 16.4 Å². The number of fused-ring (bicyclic) bond motifs is 1. The molecular formula is C13H11N3OS2. The summed E-state index contributed by atoms with van der Waals surface area (Å²) in [5, 5.41) is 5.48. The van der Waals surface area contributed by atoms with Gasteiger partial charge in [-0.3, -0.25) is 9.36 Å². The highest BCUT2D eigenvalue weighted by atomic mass is 32.2. The van der Waals surface area contributed by atoms with Crippen molar-refractivity contribution in [2.45, 2.75) is 5.16 Å². The zero-order valence-electron chi connectivity index (χ0n) is 10.5. The first-order valence-corrected chi connectivity index (χ1v) is 7.81. The van der Waals surface area contributed by atoms with Crippen molar-refractivity contribution in [2.75, 3.05) is 6.26 Å². The van der Waals surface area contributed by atoms with Gasteiger partial charge in [0, 0.05) is 24.2 Å². The average Bonchev–Trinajstić information content (AvgIpc) is 2.96. The van der Waals surface area contributed by atoms with Crippen LogP contribution in [0.3, 0.4) is 0 Å². The van der Waals surface area contributed by atoms with Crippen molar-refractivity contribution < 1.29 is 0 Å². The number of nitrogens with zero attached hydrogens (tertiary/aromatic N) is 3. The van der Waals surface area contributed by atoms with Crippen LogP contribution < -0.4 is 5.56 Å². The van der Waals surface area contributed by atoms with E-state index in [1.54, 1.807) is 29.1 Å². The van der Waals surface area contributed by atoms with E-state index in [1.165, 1.54) is 11.8 Å². The lowest BCUT2D eigenvalue weighted by molar-refractivity contribution is 0.861. The second kappa shape index (κ2) is 4.79. The standard InChI is InChI=1S/C13H11N3OS2/c1-16-11-9(6-14-13(15-11)18-2)5-10(12(16)17)8-3-4-19-7-8/h3-7H,1-2H3. The lowest BCUT2D eigenvalue weighted by Crippen LogP contribution is -2.19. The second-order valence-electron chi connectivity index (χ2n) is 4.07. The SMILES string of the molecule is CSc1ncc2cc(-c3ccsc3)c(=O)n(C)c2n1. The summed E-state index contributed by atoms with van der Waals surface area (Å²) in [6.45, 7) is 0. The molecule has 0 atom stereocenters. The van der Waals surface area contributed by atoms with E-state index in [2.05, 4.69) is 9.97 Å². The molecule has 0 spiro atoms. The predicted octanol–water partition coefficient (Wildman–Crippen LogP) is 2.78. The lowest BCUT2D eigenvalue weighted by Gasteiger charge is -2.07. The summed E-state index contributed by atoms with van der Waals surface area (Å²) in [4.78, 5) is 21.0. The topological polar surface area (TPSA) is 47.8 Å². The minimum Gasteiger partial charge on any atom is -0.295 e. The molecule has 0 aliphatic carbocycles. The predicted molar refractivity (Wildman–Crippen MR) is 79.9 cm³/mol. The zero-order valence-corrected chi connectivity index (χ0v) is 12.1. The van der Waals surface area contributed by atoms with E-state index in [0.717, 1.165) is 10.9 Å². The average molecular weight is 289 g/mol. The summed E-state index contributed by atoms with van der Waals surface area (Å²) in [5.74, 6) is 0. The second-order valence-corrected chi connectivity index (χ2v) is 5.62. The van der Waals surface area contributed by atoms with Gasteiger partial charge in [0.15, 0.2) is 5.16 Å². The van der Waals surface area contributed by atoms with E-state index in [4.69, 9.17) is 0 Å². The fourth-order valence-electron chi connectivity index (χ4n) is 1.95. The summed E-state index contributed by atoms with van der Waals surface area (Å²) in [7, 11) is 1.75. The normalized spacial score (nSPS) is 11.1. The van der Waals surface area contributed by atoms with Gasteiger partial charge in [-0.2, -0.15) is 11.3 Å². The van der Waals surface area contributed by atoms with E-state index in [1.807, 2.05) is 29.1 Å². The van der Waals surface area contributed by atoms with Crippen LogP contribution in [-0.4, -0.2) is 20.8 Å².